The minimum atomic E-state index is -4.38. The maximum absolute atomic E-state index is 12.0. The summed E-state index contributed by atoms with van der Waals surface area (Å²) in [5.74, 6) is -0.713. The predicted octanol–water partition coefficient (Wildman–Crippen LogP) is 2.55. The number of rotatable bonds is 4. The SMILES string of the molecule is O=C(NCc1ccccc1)C(S)CC(F)(F)F. The van der Waals surface area contributed by atoms with Gasteiger partial charge in [0.1, 0.15) is 0 Å². The second-order valence-corrected chi connectivity index (χ2v) is 4.16. The number of halogens is 3. The molecule has 0 aromatic heterocycles. The number of carbonyl (C=O) groups excluding carboxylic acids is 1. The number of hydrogen-bond donors (Lipinski definition) is 2. The van der Waals surface area contributed by atoms with Crippen LogP contribution in [0.4, 0.5) is 13.2 Å². The highest BCUT2D eigenvalue weighted by molar-refractivity contribution is 7.81. The summed E-state index contributed by atoms with van der Waals surface area (Å²) >= 11 is 3.63. The smallest absolute Gasteiger partial charge is 0.351 e. The molecule has 0 aliphatic rings. The molecule has 0 fully saturated rings. The van der Waals surface area contributed by atoms with Crippen LogP contribution in [0.15, 0.2) is 30.3 Å². The standard InChI is InChI=1S/C11H12F3NOS/c12-11(13,14)6-9(17)10(16)15-7-8-4-2-1-3-5-8/h1-5,9,17H,6-7H2,(H,15,16). The first-order valence-electron chi connectivity index (χ1n) is 4.95. The molecule has 2 nitrogen and oxygen atoms in total. The number of carbonyl (C=O) groups is 1. The lowest BCUT2D eigenvalue weighted by Crippen LogP contribution is -2.33. The van der Waals surface area contributed by atoms with E-state index in [2.05, 4.69) is 17.9 Å². The zero-order valence-corrected chi connectivity index (χ0v) is 9.76. The molecule has 1 N–H and O–H groups in total. The van der Waals surface area contributed by atoms with Crippen molar-refractivity contribution in [1.29, 1.82) is 0 Å². The van der Waals surface area contributed by atoms with E-state index >= 15 is 0 Å². The lowest BCUT2D eigenvalue weighted by Gasteiger charge is -2.13. The van der Waals surface area contributed by atoms with Crippen molar-refractivity contribution in [3.63, 3.8) is 0 Å². The Kier molecular flexibility index (Phi) is 4.86. The van der Waals surface area contributed by atoms with Gasteiger partial charge in [0.2, 0.25) is 5.91 Å². The van der Waals surface area contributed by atoms with Crippen LogP contribution in [-0.2, 0) is 11.3 Å². The lowest BCUT2D eigenvalue weighted by molar-refractivity contribution is -0.142. The predicted molar refractivity (Wildman–Crippen MR) is 61.7 cm³/mol. The number of hydrogen-bond acceptors (Lipinski definition) is 2. The van der Waals surface area contributed by atoms with E-state index in [0.717, 1.165) is 5.56 Å². The first-order valence-corrected chi connectivity index (χ1v) is 5.46. The number of thiol groups is 1. The van der Waals surface area contributed by atoms with Gasteiger partial charge in [0.05, 0.1) is 11.7 Å². The molecule has 0 aliphatic carbocycles. The second kappa shape index (κ2) is 5.95. The van der Waals surface area contributed by atoms with E-state index in [-0.39, 0.29) is 6.54 Å². The van der Waals surface area contributed by atoms with Crippen LogP contribution in [0, 0.1) is 0 Å². The summed E-state index contributed by atoms with van der Waals surface area (Å²) in [7, 11) is 0. The Hall–Kier alpha value is -1.17. The van der Waals surface area contributed by atoms with Gasteiger partial charge in [-0.15, -0.1) is 0 Å². The van der Waals surface area contributed by atoms with E-state index in [4.69, 9.17) is 0 Å². The first kappa shape index (κ1) is 13.9. The van der Waals surface area contributed by atoms with E-state index in [0.29, 0.717) is 0 Å². The van der Waals surface area contributed by atoms with Crippen molar-refractivity contribution < 1.29 is 18.0 Å². The fourth-order valence-corrected chi connectivity index (χ4v) is 1.51. The minimum absolute atomic E-state index is 0.203. The van der Waals surface area contributed by atoms with Crippen molar-refractivity contribution in [1.82, 2.24) is 5.32 Å². The van der Waals surface area contributed by atoms with Gasteiger partial charge in [-0.05, 0) is 5.56 Å². The monoisotopic (exact) mass is 263 g/mol. The summed E-state index contributed by atoms with van der Waals surface area (Å²) in [5.41, 5.74) is 0.827. The molecular weight excluding hydrogens is 251 g/mol. The van der Waals surface area contributed by atoms with Gasteiger partial charge in [0.15, 0.2) is 0 Å². The summed E-state index contributed by atoms with van der Waals surface area (Å²) in [6.07, 6.45) is -5.60. The highest BCUT2D eigenvalue weighted by Crippen LogP contribution is 2.23. The summed E-state index contributed by atoms with van der Waals surface area (Å²) in [5, 5.41) is 1.04. The highest BCUT2D eigenvalue weighted by atomic mass is 32.1. The molecule has 17 heavy (non-hydrogen) atoms. The molecule has 1 atom stereocenters. The molecule has 0 bridgehead atoms. The molecule has 0 radical (unpaired) electrons. The average molecular weight is 263 g/mol. The number of alkyl halides is 3. The van der Waals surface area contributed by atoms with Gasteiger partial charge in [-0.25, -0.2) is 0 Å². The Morgan fingerprint density at radius 1 is 1.29 bits per heavy atom. The van der Waals surface area contributed by atoms with Gasteiger partial charge in [-0.3, -0.25) is 4.79 Å². The zero-order valence-electron chi connectivity index (χ0n) is 8.87. The van der Waals surface area contributed by atoms with Crippen LogP contribution in [0.5, 0.6) is 0 Å². The van der Waals surface area contributed by atoms with Crippen molar-refractivity contribution in [2.75, 3.05) is 0 Å². The topological polar surface area (TPSA) is 29.1 Å². The number of benzene rings is 1. The van der Waals surface area contributed by atoms with E-state index in [1.54, 1.807) is 24.3 Å². The summed E-state index contributed by atoms with van der Waals surface area (Å²) in [6, 6.07) is 8.94. The first-order chi connectivity index (χ1) is 7.88. The maximum atomic E-state index is 12.0. The van der Waals surface area contributed by atoms with E-state index in [1.165, 1.54) is 0 Å². The average Bonchev–Trinajstić information content (AvgIpc) is 2.25. The Morgan fingerprint density at radius 3 is 2.41 bits per heavy atom. The summed E-state index contributed by atoms with van der Waals surface area (Å²) < 4.78 is 36.0. The highest BCUT2D eigenvalue weighted by Gasteiger charge is 2.33. The van der Waals surface area contributed by atoms with Crippen molar-refractivity contribution in [2.45, 2.75) is 24.4 Å². The molecule has 1 aromatic carbocycles. The van der Waals surface area contributed by atoms with Gasteiger partial charge in [0.25, 0.3) is 0 Å². The largest absolute Gasteiger partial charge is 0.390 e. The number of nitrogens with one attached hydrogen (secondary N) is 1. The molecule has 0 saturated carbocycles. The van der Waals surface area contributed by atoms with Crippen LogP contribution in [0.1, 0.15) is 12.0 Å². The Morgan fingerprint density at radius 2 is 1.88 bits per heavy atom. The fraction of sp³-hybridized carbons (Fsp3) is 0.364. The minimum Gasteiger partial charge on any atom is -0.351 e. The Balaban J connectivity index is 2.40. The van der Waals surface area contributed by atoms with Gasteiger partial charge in [-0.2, -0.15) is 25.8 Å². The van der Waals surface area contributed by atoms with Crippen molar-refractivity contribution >= 4 is 18.5 Å². The van der Waals surface area contributed by atoms with Gasteiger partial charge in [-0.1, -0.05) is 30.3 Å². The summed E-state index contributed by atoms with van der Waals surface area (Å²) in [4.78, 5) is 11.3. The third-order valence-corrected chi connectivity index (χ3v) is 2.45. The second-order valence-electron chi connectivity index (χ2n) is 3.54. The lowest BCUT2D eigenvalue weighted by atomic mass is 10.2. The molecule has 0 spiro atoms. The van der Waals surface area contributed by atoms with Crippen LogP contribution >= 0.6 is 12.6 Å². The maximum Gasteiger partial charge on any atom is 0.390 e. The molecule has 6 heteroatoms. The molecule has 1 unspecified atom stereocenters. The third kappa shape index (κ3) is 5.63. The molecule has 1 aromatic rings. The Labute approximate surface area is 103 Å². The van der Waals surface area contributed by atoms with Crippen molar-refractivity contribution in [2.24, 2.45) is 0 Å². The molecule has 94 valence electrons. The van der Waals surface area contributed by atoms with Crippen molar-refractivity contribution in [3.05, 3.63) is 35.9 Å². The normalized spacial score (nSPS) is 13.2. The Bertz CT molecular complexity index is 367. The summed E-state index contributed by atoms with van der Waals surface area (Å²) in [6.45, 7) is 0.203. The molecule has 0 heterocycles. The van der Waals surface area contributed by atoms with E-state index in [9.17, 15) is 18.0 Å². The molecule has 0 saturated heterocycles. The quantitative estimate of drug-likeness (QED) is 0.803. The van der Waals surface area contributed by atoms with Gasteiger partial charge in [0, 0.05) is 6.54 Å². The zero-order chi connectivity index (χ0) is 12.9. The van der Waals surface area contributed by atoms with Crippen LogP contribution in [0.2, 0.25) is 0 Å². The van der Waals surface area contributed by atoms with Crippen LogP contribution in [0.3, 0.4) is 0 Å². The van der Waals surface area contributed by atoms with Crippen LogP contribution < -0.4 is 5.32 Å². The van der Waals surface area contributed by atoms with Gasteiger partial charge < -0.3 is 5.32 Å². The van der Waals surface area contributed by atoms with E-state index < -0.39 is 23.8 Å². The van der Waals surface area contributed by atoms with Crippen LogP contribution in [0.25, 0.3) is 0 Å². The molecular formula is C11H12F3NOS. The fourth-order valence-electron chi connectivity index (χ4n) is 1.21. The molecule has 1 rings (SSSR count). The third-order valence-electron chi connectivity index (χ3n) is 2.04. The van der Waals surface area contributed by atoms with E-state index in [1.807, 2.05) is 6.07 Å². The van der Waals surface area contributed by atoms with Crippen LogP contribution in [-0.4, -0.2) is 17.3 Å². The molecule has 0 aliphatic heterocycles. The number of amides is 1. The van der Waals surface area contributed by atoms with Gasteiger partial charge >= 0.3 is 6.18 Å². The van der Waals surface area contributed by atoms with Crippen molar-refractivity contribution in [3.8, 4) is 0 Å². The molecule has 1 amide bonds.